The molecule has 124 valence electrons. The number of halogens is 1. The van der Waals surface area contributed by atoms with Gasteiger partial charge in [0.15, 0.2) is 5.79 Å². The van der Waals surface area contributed by atoms with Crippen LogP contribution >= 0.6 is 15.9 Å². The van der Waals surface area contributed by atoms with Crippen LogP contribution in [0.15, 0.2) is 22.8 Å². The molecule has 0 N–H and O–H groups in total. The van der Waals surface area contributed by atoms with Gasteiger partial charge in [-0.1, -0.05) is 6.92 Å². The van der Waals surface area contributed by atoms with Crippen molar-refractivity contribution >= 4 is 26.8 Å². The van der Waals surface area contributed by atoms with Gasteiger partial charge in [0.25, 0.3) is 0 Å². The molecule has 1 aromatic heterocycles. The van der Waals surface area contributed by atoms with Crippen LogP contribution in [0.25, 0.3) is 10.9 Å². The van der Waals surface area contributed by atoms with Crippen molar-refractivity contribution in [2.24, 2.45) is 5.92 Å². The molecule has 23 heavy (non-hydrogen) atoms. The number of fused-ring (bicyclic) bond motifs is 1. The number of ether oxygens (including phenoxy) is 3. The first-order valence-corrected chi connectivity index (χ1v) is 8.90. The maximum absolute atomic E-state index is 5.87. The highest BCUT2D eigenvalue weighted by Crippen LogP contribution is 2.44. The molecular formula is C17H21BrN2O3. The Labute approximate surface area is 144 Å². The highest BCUT2D eigenvalue weighted by atomic mass is 79.9. The molecule has 6 heteroatoms. The molecule has 0 bridgehead atoms. The zero-order valence-corrected chi connectivity index (χ0v) is 15.0. The molecule has 2 fully saturated rings. The van der Waals surface area contributed by atoms with E-state index >= 15 is 0 Å². The van der Waals surface area contributed by atoms with Crippen LogP contribution in [0, 0.1) is 5.92 Å². The lowest BCUT2D eigenvalue weighted by molar-refractivity contribution is -0.192. The van der Waals surface area contributed by atoms with Crippen molar-refractivity contribution in [3.05, 3.63) is 22.8 Å². The minimum atomic E-state index is -0.339. The van der Waals surface area contributed by atoms with E-state index in [4.69, 9.17) is 19.3 Å². The second-order valence-electron chi connectivity index (χ2n) is 6.55. The van der Waals surface area contributed by atoms with Crippen LogP contribution in [-0.4, -0.2) is 35.9 Å². The smallest absolute Gasteiger partial charge is 0.168 e. The predicted octanol–water partition coefficient (Wildman–Crippen LogP) is 3.91. The lowest BCUT2D eigenvalue weighted by Crippen LogP contribution is -2.40. The Morgan fingerprint density at radius 3 is 2.83 bits per heavy atom. The number of rotatable bonds is 2. The summed E-state index contributed by atoms with van der Waals surface area (Å²) in [5.41, 5.74) is 0.964. The maximum atomic E-state index is 5.87. The van der Waals surface area contributed by atoms with E-state index in [9.17, 15) is 0 Å². The highest BCUT2D eigenvalue weighted by molar-refractivity contribution is 9.10. The van der Waals surface area contributed by atoms with Gasteiger partial charge in [0, 0.05) is 30.5 Å². The average Bonchev–Trinajstić information content (AvgIpc) is 3.13. The molecule has 2 aliphatic rings. The van der Waals surface area contributed by atoms with Gasteiger partial charge in [0.2, 0.25) is 0 Å². The number of hydrogen-bond acceptors (Lipinski definition) is 4. The Hall–Kier alpha value is -1.11. The molecule has 4 rings (SSSR count). The molecule has 0 amide bonds. The third-order valence-electron chi connectivity index (χ3n) is 5.06. The summed E-state index contributed by atoms with van der Waals surface area (Å²) in [5, 5.41) is 5.91. The molecular weight excluding hydrogens is 360 g/mol. The van der Waals surface area contributed by atoms with Gasteiger partial charge in [-0.05, 0) is 34.3 Å². The van der Waals surface area contributed by atoms with Crippen molar-refractivity contribution in [2.75, 3.05) is 20.3 Å². The van der Waals surface area contributed by atoms with Crippen LogP contribution in [0.5, 0.6) is 5.75 Å². The average molecular weight is 381 g/mol. The van der Waals surface area contributed by atoms with Crippen LogP contribution < -0.4 is 4.74 Å². The molecule has 2 atom stereocenters. The van der Waals surface area contributed by atoms with Crippen molar-refractivity contribution < 1.29 is 14.2 Å². The SMILES string of the molecule is COc1cc2nn([C@H]3CCC4(C[C@@H]3C)OCCO4)cc2cc1Br. The van der Waals surface area contributed by atoms with Crippen molar-refractivity contribution in [3.8, 4) is 5.75 Å². The van der Waals surface area contributed by atoms with Crippen molar-refractivity contribution in [2.45, 2.75) is 38.0 Å². The van der Waals surface area contributed by atoms with Crippen molar-refractivity contribution in [3.63, 3.8) is 0 Å². The zero-order chi connectivity index (χ0) is 16.0. The minimum Gasteiger partial charge on any atom is -0.495 e. The largest absolute Gasteiger partial charge is 0.495 e. The van der Waals surface area contributed by atoms with Gasteiger partial charge in [0.1, 0.15) is 5.75 Å². The van der Waals surface area contributed by atoms with E-state index in [1.807, 2.05) is 6.07 Å². The third kappa shape index (κ3) is 2.66. The molecule has 5 nitrogen and oxygen atoms in total. The standard InChI is InChI=1S/C17H21BrN2O3/c1-11-9-17(22-5-6-23-17)4-3-15(11)20-10-12-7-13(18)16(21-2)8-14(12)19-20/h7-8,10-11,15H,3-6,9H2,1-2H3/t11-,15-/m0/s1. The first kappa shape index (κ1) is 15.4. The summed E-state index contributed by atoms with van der Waals surface area (Å²) in [6.07, 6.45) is 5.02. The molecule has 0 unspecified atom stereocenters. The summed E-state index contributed by atoms with van der Waals surface area (Å²) in [5.74, 6) is 0.932. The van der Waals surface area contributed by atoms with Crippen molar-refractivity contribution in [1.82, 2.24) is 9.78 Å². The van der Waals surface area contributed by atoms with Crippen LogP contribution in [0.2, 0.25) is 0 Å². The van der Waals surface area contributed by atoms with E-state index in [-0.39, 0.29) is 5.79 Å². The van der Waals surface area contributed by atoms with Crippen LogP contribution in [0.4, 0.5) is 0 Å². The Morgan fingerprint density at radius 1 is 1.35 bits per heavy atom. The molecule has 2 heterocycles. The van der Waals surface area contributed by atoms with Gasteiger partial charge in [-0.2, -0.15) is 5.10 Å². The summed E-state index contributed by atoms with van der Waals surface area (Å²) in [6, 6.07) is 4.43. The predicted molar refractivity (Wildman–Crippen MR) is 90.7 cm³/mol. The first-order chi connectivity index (χ1) is 11.1. The van der Waals surface area contributed by atoms with E-state index in [0.717, 1.165) is 53.6 Å². The fourth-order valence-corrected chi connectivity index (χ4v) is 4.43. The minimum absolute atomic E-state index is 0.339. The summed E-state index contributed by atoms with van der Waals surface area (Å²) in [4.78, 5) is 0. The molecule has 1 saturated carbocycles. The number of methoxy groups -OCH3 is 1. The Morgan fingerprint density at radius 2 is 2.13 bits per heavy atom. The van der Waals surface area contributed by atoms with Gasteiger partial charge >= 0.3 is 0 Å². The molecule has 1 aromatic carbocycles. The lowest BCUT2D eigenvalue weighted by Gasteiger charge is -2.39. The summed E-state index contributed by atoms with van der Waals surface area (Å²) in [6.45, 7) is 3.70. The fraction of sp³-hybridized carbons (Fsp3) is 0.588. The highest BCUT2D eigenvalue weighted by Gasteiger charge is 2.44. The molecule has 1 spiro atoms. The molecule has 1 aliphatic heterocycles. The number of nitrogens with zero attached hydrogens (tertiary/aromatic N) is 2. The van der Waals surface area contributed by atoms with Gasteiger partial charge in [-0.25, -0.2) is 0 Å². The van der Waals surface area contributed by atoms with E-state index in [1.54, 1.807) is 7.11 Å². The maximum Gasteiger partial charge on any atom is 0.168 e. The Bertz CT molecular complexity index is 724. The van der Waals surface area contributed by atoms with E-state index in [0.29, 0.717) is 12.0 Å². The fourth-order valence-electron chi connectivity index (χ4n) is 3.90. The van der Waals surface area contributed by atoms with E-state index in [1.165, 1.54) is 0 Å². The van der Waals surface area contributed by atoms with Crippen molar-refractivity contribution in [1.29, 1.82) is 0 Å². The topological polar surface area (TPSA) is 45.5 Å². The molecule has 1 aliphatic carbocycles. The first-order valence-electron chi connectivity index (χ1n) is 8.10. The molecule has 2 aromatic rings. The Kier molecular flexibility index (Phi) is 3.86. The van der Waals surface area contributed by atoms with Gasteiger partial charge < -0.3 is 14.2 Å². The lowest BCUT2D eigenvalue weighted by atomic mass is 9.82. The third-order valence-corrected chi connectivity index (χ3v) is 5.68. The monoisotopic (exact) mass is 380 g/mol. The molecule has 0 radical (unpaired) electrons. The Balaban J connectivity index is 1.61. The molecule has 1 saturated heterocycles. The van der Waals surface area contributed by atoms with Gasteiger partial charge in [-0.3, -0.25) is 4.68 Å². The summed E-state index contributed by atoms with van der Waals surface area (Å²) in [7, 11) is 1.67. The normalized spacial score (nSPS) is 26.9. The van der Waals surface area contributed by atoms with Gasteiger partial charge in [-0.15, -0.1) is 0 Å². The number of benzene rings is 1. The zero-order valence-electron chi connectivity index (χ0n) is 13.4. The number of aromatic nitrogens is 2. The number of hydrogen-bond donors (Lipinski definition) is 0. The summed E-state index contributed by atoms with van der Waals surface area (Å²) < 4.78 is 20.2. The van der Waals surface area contributed by atoms with Gasteiger partial charge in [0.05, 0.1) is 36.4 Å². The quantitative estimate of drug-likeness (QED) is 0.791. The van der Waals surface area contributed by atoms with E-state index < -0.39 is 0 Å². The van der Waals surface area contributed by atoms with Crippen LogP contribution in [0.3, 0.4) is 0 Å². The second kappa shape index (κ2) is 5.76. The van der Waals surface area contributed by atoms with Crippen LogP contribution in [0.1, 0.15) is 32.2 Å². The van der Waals surface area contributed by atoms with Crippen LogP contribution in [-0.2, 0) is 9.47 Å². The van der Waals surface area contributed by atoms with E-state index in [2.05, 4.69) is 39.8 Å². The second-order valence-corrected chi connectivity index (χ2v) is 7.40. The summed E-state index contributed by atoms with van der Waals surface area (Å²) >= 11 is 3.54.